The van der Waals surface area contributed by atoms with E-state index in [-0.39, 0.29) is 18.8 Å². The summed E-state index contributed by atoms with van der Waals surface area (Å²) in [6.07, 6.45) is 1.44. The monoisotopic (exact) mass is 404 g/mol. The predicted octanol–water partition coefficient (Wildman–Crippen LogP) is 4.48. The molecule has 0 saturated carbocycles. The van der Waals surface area contributed by atoms with E-state index in [9.17, 15) is 14.9 Å². The fourth-order valence-corrected chi connectivity index (χ4v) is 3.14. The van der Waals surface area contributed by atoms with Gasteiger partial charge in [-0.3, -0.25) is 15.1 Å². The Morgan fingerprint density at radius 1 is 1.21 bits per heavy atom. The quantitative estimate of drug-likeness (QED) is 0.210. The molecule has 0 atom stereocenters. The molecule has 0 unspecified atom stereocenters. The number of aliphatic imine (C=N–C) groups is 1. The van der Waals surface area contributed by atoms with Gasteiger partial charge in [-0.05, 0) is 42.4 Å². The summed E-state index contributed by atoms with van der Waals surface area (Å²) < 4.78 is 15.6. The Kier molecular flexibility index (Phi) is 7.82. The summed E-state index contributed by atoms with van der Waals surface area (Å²) >= 11 is 0.919. The molecule has 0 aliphatic carbocycles. The van der Waals surface area contributed by atoms with Crippen LogP contribution in [-0.2, 0) is 11.3 Å². The van der Waals surface area contributed by atoms with Gasteiger partial charge in [-0.15, -0.1) is 0 Å². The number of thioether (sulfide) groups is 1. The van der Waals surface area contributed by atoms with Crippen LogP contribution in [0.15, 0.2) is 46.3 Å². The van der Waals surface area contributed by atoms with Crippen LogP contribution in [0.1, 0.15) is 18.1 Å². The maximum Gasteiger partial charge on any atom is 0.372 e. The van der Waals surface area contributed by atoms with Crippen molar-refractivity contribution in [2.75, 3.05) is 20.8 Å². The van der Waals surface area contributed by atoms with Crippen LogP contribution in [0.4, 0.5) is 10.5 Å². The van der Waals surface area contributed by atoms with Crippen molar-refractivity contribution in [3.05, 3.63) is 57.6 Å². The van der Waals surface area contributed by atoms with Crippen molar-refractivity contribution in [1.82, 2.24) is 0 Å². The molecular formula is C19H20N2O6S. The lowest BCUT2D eigenvalue weighted by atomic mass is 10.2. The third kappa shape index (κ3) is 5.46. The minimum atomic E-state index is -0.459. The lowest BCUT2D eigenvalue weighted by Crippen LogP contribution is -2.00. The topological polar surface area (TPSA) is 100 Å². The summed E-state index contributed by atoms with van der Waals surface area (Å²) in [5, 5.41) is 10.7. The van der Waals surface area contributed by atoms with Gasteiger partial charge in [0, 0.05) is 17.2 Å². The Morgan fingerprint density at radius 2 is 1.89 bits per heavy atom. The predicted molar refractivity (Wildman–Crippen MR) is 107 cm³/mol. The Labute approximate surface area is 166 Å². The van der Waals surface area contributed by atoms with Crippen LogP contribution >= 0.6 is 11.8 Å². The highest BCUT2D eigenvalue weighted by Crippen LogP contribution is 2.36. The standard InChI is InChI=1S/C19H20N2O6S/c1-4-27-19(22)28-18-10-17(26-3)16(25-2)9-14(18)12-20-11-13-7-5-6-8-15(13)21(23)24/h5-11H,4,12H2,1-3H3. The normalized spacial score (nSPS) is 10.7. The molecule has 2 aromatic carbocycles. The zero-order chi connectivity index (χ0) is 20.5. The molecule has 0 saturated heterocycles. The lowest BCUT2D eigenvalue weighted by Gasteiger charge is -2.13. The van der Waals surface area contributed by atoms with Crippen molar-refractivity contribution in [3.63, 3.8) is 0 Å². The van der Waals surface area contributed by atoms with Gasteiger partial charge in [0.15, 0.2) is 11.5 Å². The molecule has 0 spiro atoms. The first-order valence-corrected chi connectivity index (χ1v) is 9.14. The molecule has 0 heterocycles. The number of ether oxygens (including phenoxy) is 3. The Morgan fingerprint density at radius 3 is 2.54 bits per heavy atom. The highest BCUT2D eigenvalue weighted by molar-refractivity contribution is 8.13. The third-order valence-electron chi connectivity index (χ3n) is 3.65. The minimum Gasteiger partial charge on any atom is -0.493 e. The molecule has 0 fully saturated rings. The SMILES string of the molecule is CCOC(=O)Sc1cc(OC)c(OC)cc1CN=Cc1ccccc1[N+](=O)[O-]. The maximum absolute atomic E-state index is 11.9. The number of carbonyl (C=O) groups is 1. The van der Waals surface area contributed by atoms with Gasteiger partial charge in [0.1, 0.15) is 0 Å². The Bertz CT molecular complexity index is 885. The number of nitro groups is 1. The van der Waals surface area contributed by atoms with Gasteiger partial charge >= 0.3 is 5.30 Å². The zero-order valence-electron chi connectivity index (χ0n) is 15.7. The van der Waals surface area contributed by atoms with Gasteiger partial charge in [0.05, 0.1) is 37.9 Å². The number of carbonyl (C=O) groups excluding carboxylic acids is 1. The minimum absolute atomic E-state index is 0.0281. The van der Waals surface area contributed by atoms with Crippen molar-refractivity contribution in [1.29, 1.82) is 0 Å². The summed E-state index contributed by atoms with van der Waals surface area (Å²) in [6.45, 7) is 2.18. The zero-order valence-corrected chi connectivity index (χ0v) is 16.5. The molecule has 28 heavy (non-hydrogen) atoms. The van der Waals surface area contributed by atoms with Crippen molar-refractivity contribution < 1.29 is 23.9 Å². The number of hydrogen-bond acceptors (Lipinski definition) is 8. The molecule has 0 aromatic heterocycles. The molecule has 0 aliphatic heterocycles. The molecule has 9 heteroatoms. The van der Waals surface area contributed by atoms with E-state index in [4.69, 9.17) is 14.2 Å². The number of para-hydroxylation sites is 1. The highest BCUT2D eigenvalue weighted by Gasteiger charge is 2.16. The van der Waals surface area contributed by atoms with E-state index >= 15 is 0 Å². The molecule has 0 aliphatic rings. The van der Waals surface area contributed by atoms with E-state index in [1.807, 2.05) is 0 Å². The molecule has 0 radical (unpaired) electrons. The van der Waals surface area contributed by atoms with Gasteiger partial charge in [-0.25, -0.2) is 4.79 Å². The fourth-order valence-electron chi connectivity index (χ4n) is 2.36. The van der Waals surface area contributed by atoms with Gasteiger partial charge in [-0.2, -0.15) is 0 Å². The fraction of sp³-hybridized carbons (Fsp3) is 0.263. The van der Waals surface area contributed by atoms with Crippen molar-refractivity contribution in [2.45, 2.75) is 18.4 Å². The molecule has 2 aromatic rings. The van der Waals surface area contributed by atoms with Crippen LogP contribution < -0.4 is 9.47 Å². The smallest absolute Gasteiger partial charge is 0.372 e. The second kappa shape index (κ2) is 10.3. The van der Waals surface area contributed by atoms with E-state index in [1.54, 1.807) is 37.3 Å². The van der Waals surface area contributed by atoms with E-state index < -0.39 is 10.2 Å². The van der Waals surface area contributed by atoms with Gasteiger partial charge in [0.25, 0.3) is 5.69 Å². The number of rotatable bonds is 8. The number of hydrogen-bond donors (Lipinski definition) is 0. The average molecular weight is 404 g/mol. The Balaban J connectivity index is 2.32. The number of nitrogens with zero attached hydrogens (tertiary/aromatic N) is 2. The van der Waals surface area contributed by atoms with Gasteiger partial charge < -0.3 is 14.2 Å². The Hall–Kier alpha value is -3.07. The molecule has 0 bridgehead atoms. The second-order valence-corrected chi connectivity index (χ2v) is 6.36. The van der Waals surface area contributed by atoms with Crippen LogP contribution in [0.2, 0.25) is 0 Å². The average Bonchev–Trinajstić information content (AvgIpc) is 2.69. The first-order chi connectivity index (χ1) is 13.5. The van der Waals surface area contributed by atoms with E-state index in [1.165, 1.54) is 26.5 Å². The molecule has 0 amide bonds. The summed E-state index contributed by atoms with van der Waals surface area (Å²) in [5.74, 6) is 0.965. The van der Waals surface area contributed by atoms with Crippen molar-refractivity contribution in [3.8, 4) is 11.5 Å². The number of nitro benzene ring substituents is 1. The lowest BCUT2D eigenvalue weighted by molar-refractivity contribution is -0.385. The largest absolute Gasteiger partial charge is 0.493 e. The van der Waals surface area contributed by atoms with Crippen LogP contribution in [0, 0.1) is 10.1 Å². The van der Waals surface area contributed by atoms with Crippen molar-refractivity contribution >= 4 is 29.0 Å². The van der Waals surface area contributed by atoms with E-state index in [0.717, 1.165) is 11.8 Å². The molecular weight excluding hydrogens is 384 g/mol. The van der Waals surface area contributed by atoms with Crippen LogP contribution in [-0.4, -0.2) is 37.3 Å². The first kappa shape index (κ1) is 21.2. The highest BCUT2D eigenvalue weighted by atomic mass is 32.2. The second-order valence-electron chi connectivity index (χ2n) is 5.39. The summed E-state index contributed by atoms with van der Waals surface area (Å²) in [7, 11) is 3.01. The number of methoxy groups -OCH3 is 2. The van der Waals surface area contributed by atoms with Crippen LogP contribution in [0.25, 0.3) is 0 Å². The van der Waals surface area contributed by atoms with Crippen molar-refractivity contribution in [2.24, 2.45) is 4.99 Å². The maximum atomic E-state index is 11.9. The summed E-state index contributed by atoms with van der Waals surface area (Å²) in [4.78, 5) is 27.5. The van der Waals surface area contributed by atoms with E-state index in [0.29, 0.717) is 27.5 Å². The molecule has 148 valence electrons. The molecule has 2 rings (SSSR count). The molecule has 0 N–H and O–H groups in total. The van der Waals surface area contributed by atoms with Crippen LogP contribution in [0.3, 0.4) is 0 Å². The van der Waals surface area contributed by atoms with E-state index in [2.05, 4.69) is 4.99 Å². The summed E-state index contributed by atoms with van der Waals surface area (Å²) in [6, 6.07) is 9.72. The summed E-state index contributed by atoms with van der Waals surface area (Å²) in [5.41, 5.74) is 1.07. The first-order valence-electron chi connectivity index (χ1n) is 8.32. The van der Waals surface area contributed by atoms with Gasteiger partial charge in [0.2, 0.25) is 0 Å². The third-order valence-corrected chi connectivity index (χ3v) is 4.53. The number of benzene rings is 2. The molecule has 8 nitrogen and oxygen atoms in total. The van der Waals surface area contributed by atoms with Gasteiger partial charge in [-0.1, -0.05) is 12.1 Å². The van der Waals surface area contributed by atoms with Crippen LogP contribution in [0.5, 0.6) is 11.5 Å².